The Morgan fingerprint density at radius 3 is 2.08 bits per heavy atom. The lowest BCUT2D eigenvalue weighted by Gasteiger charge is -2.33. The molecule has 0 aromatic heterocycles. The van der Waals surface area contributed by atoms with E-state index in [9.17, 15) is 18.0 Å². The SMILES string of the molecule is CN(C(=O)C1CCC(C(=O)NC2CCCCC2)CC1)C1CCS(=O)(=O)C1. The van der Waals surface area contributed by atoms with E-state index in [2.05, 4.69) is 5.32 Å². The van der Waals surface area contributed by atoms with Crippen LogP contribution in [0.2, 0.25) is 0 Å². The molecule has 1 unspecified atom stereocenters. The van der Waals surface area contributed by atoms with E-state index in [0.29, 0.717) is 12.5 Å². The first-order valence-electron chi connectivity index (χ1n) is 10.1. The number of nitrogens with zero attached hydrogens (tertiary/aromatic N) is 1. The molecule has 148 valence electrons. The minimum Gasteiger partial charge on any atom is -0.353 e. The number of sulfone groups is 1. The predicted molar refractivity (Wildman–Crippen MR) is 100 cm³/mol. The lowest BCUT2D eigenvalue weighted by atomic mass is 9.80. The van der Waals surface area contributed by atoms with Crippen molar-refractivity contribution < 1.29 is 18.0 Å². The molecule has 0 aromatic rings. The summed E-state index contributed by atoms with van der Waals surface area (Å²) < 4.78 is 23.3. The largest absolute Gasteiger partial charge is 0.353 e. The van der Waals surface area contributed by atoms with E-state index in [4.69, 9.17) is 0 Å². The normalized spacial score (nSPS) is 32.1. The highest BCUT2D eigenvalue weighted by Gasteiger charge is 2.37. The molecule has 2 aliphatic carbocycles. The summed E-state index contributed by atoms with van der Waals surface area (Å²) in [4.78, 5) is 26.9. The van der Waals surface area contributed by atoms with Crippen molar-refractivity contribution in [1.82, 2.24) is 10.2 Å². The van der Waals surface area contributed by atoms with Gasteiger partial charge in [-0.25, -0.2) is 8.42 Å². The molecule has 3 fully saturated rings. The van der Waals surface area contributed by atoms with E-state index in [-0.39, 0.29) is 41.2 Å². The van der Waals surface area contributed by atoms with Gasteiger partial charge in [-0.15, -0.1) is 0 Å². The van der Waals surface area contributed by atoms with Gasteiger partial charge in [0.2, 0.25) is 11.8 Å². The summed E-state index contributed by atoms with van der Waals surface area (Å²) in [5.74, 6) is 0.453. The summed E-state index contributed by atoms with van der Waals surface area (Å²) in [7, 11) is -1.25. The number of hydrogen-bond acceptors (Lipinski definition) is 4. The van der Waals surface area contributed by atoms with Gasteiger partial charge in [0.25, 0.3) is 0 Å². The van der Waals surface area contributed by atoms with Gasteiger partial charge in [-0.05, 0) is 44.9 Å². The molecular formula is C19H32N2O4S. The fourth-order valence-electron chi connectivity index (χ4n) is 4.72. The molecule has 1 atom stereocenters. The molecule has 0 aromatic carbocycles. The van der Waals surface area contributed by atoms with E-state index >= 15 is 0 Å². The van der Waals surface area contributed by atoms with E-state index in [0.717, 1.165) is 38.5 Å². The van der Waals surface area contributed by atoms with E-state index in [1.807, 2.05) is 0 Å². The Morgan fingerprint density at radius 2 is 1.50 bits per heavy atom. The van der Waals surface area contributed by atoms with Crippen LogP contribution in [0.4, 0.5) is 0 Å². The van der Waals surface area contributed by atoms with Crippen molar-refractivity contribution in [2.45, 2.75) is 76.3 Å². The molecular weight excluding hydrogens is 352 g/mol. The van der Waals surface area contributed by atoms with Gasteiger partial charge in [-0.2, -0.15) is 0 Å². The number of carbonyl (C=O) groups is 2. The summed E-state index contributed by atoms with van der Waals surface area (Å²) in [5.41, 5.74) is 0. The molecule has 1 saturated heterocycles. The first kappa shape index (κ1) is 19.6. The van der Waals surface area contributed by atoms with Gasteiger partial charge in [-0.3, -0.25) is 9.59 Å². The van der Waals surface area contributed by atoms with Crippen molar-refractivity contribution in [3.63, 3.8) is 0 Å². The van der Waals surface area contributed by atoms with Crippen LogP contribution in [-0.2, 0) is 19.4 Å². The molecule has 3 rings (SSSR count). The zero-order valence-electron chi connectivity index (χ0n) is 15.8. The quantitative estimate of drug-likeness (QED) is 0.802. The van der Waals surface area contributed by atoms with Crippen LogP contribution in [0.15, 0.2) is 0 Å². The maximum atomic E-state index is 12.7. The minimum atomic E-state index is -2.99. The van der Waals surface area contributed by atoms with Gasteiger partial charge >= 0.3 is 0 Å². The first-order valence-corrected chi connectivity index (χ1v) is 12.0. The fourth-order valence-corrected chi connectivity index (χ4v) is 6.49. The number of hydrogen-bond donors (Lipinski definition) is 1. The molecule has 1 heterocycles. The fraction of sp³-hybridized carbons (Fsp3) is 0.895. The highest BCUT2D eigenvalue weighted by Crippen LogP contribution is 2.31. The predicted octanol–water partition coefficient (Wildman–Crippen LogP) is 1.89. The van der Waals surface area contributed by atoms with Crippen molar-refractivity contribution in [2.24, 2.45) is 11.8 Å². The summed E-state index contributed by atoms with van der Waals surface area (Å²) >= 11 is 0. The Labute approximate surface area is 157 Å². The standard InChI is InChI=1S/C19H32N2O4S/c1-21(17-11-12-26(24,25)13-17)19(23)15-9-7-14(8-10-15)18(22)20-16-5-3-2-4-6-16/h14-17H,2-13H2,1H3,(H,20,22). The van der Waals surface area contributed by atoms with E-state index in [1.54, 1.807) is 11.9 Å². The van der Waals surface area contributed by atoms with E-state index < -0.39 is 9.84 Å². The average Bonchev–Trinajstić information content (AvgIpc) is 3.01. The van der Waals surface area contributed by atoms with Crippen LogP contribution in [0.1, 0.15) is 64.2 Å². The molecule has 0 radical (unpaired) electrons. The Kier molecular flexibility index (Phi) is 6.25. The summed E-state index contributed by atoms with van der Waals surface area (Å²) in [6.45, 7) is 0. The molecule has 1 N–H and O–H groups in total. The van der Waals surface area contributed by atoms with Crippen molar-refractivity contribution >= 4 is 21.7 Å². The molecule has 26 heavy (non-hydrogen) atoms. The van der Waals surface area contributed by atoms with Crippen LogP contribution < -0.4 is 5.32 Å². The molecule has 7 heteroatoms. The molecule has 0 spiro atoms. The maximum Gasteiger partial charge on any atom is 0.225 e. The van der Waals surface area contributed by atoms with Crippen LogP contribution in [-0.4, -0.2) is 55.8 Å². The highest BCUT2D eigenvalue weighted by molar-refractivity contribution is 7.91. The lowest BCUT2D eigenvalue weighted by molar-refractivity contribution is -0.138. The van der Waals surface area contributed by atoms with Gasteiger partial charge in [0, 0.05) is 31.0 Å². The average molecular weight is 385 g/mol. The summed E-state index contributed by atoms with van der Waals surface area (Å²) in [6.07, 6.45) is 9.38. The number of nitrogens with one attached hydrogen (secondary N) is 1. The smallest absolute Gasteiger partial charge is 0.225 e. The Morgan fingerprint density at radius 1 is 0.885 bits per heavy atom. The third-order valence-corrected chi connectivity index (χ3v) is 8.25. The molecule has 6 nitrogen and oxygen atoms in total. The Balaban J connectivity index is 1.45. The molecule has 0 bridgehead atoms. The Bertz CT molecular complexity index is 619. The van der Waals surface area contributed by atoms with Gasteiger partial charge in [0.05, 0.1) is 11.5 Å². The summed E-state index contributed by atoms with van der Waals surface area (Å²) in [5, 5.41) is 3.21. The third-order valence-electron chi connectivity index (χ3n) is 6.50. The highest BCUT2D eigenvalue weighted by atomic mass is 32.2. The molecule has 3 aliphatic rings. The van der Waals surface area contributed by atoms with Crippen LogP contribution >= 0.6 is 0 Å². The summed E-state index contributed by atoms with van der Waals surface area (Å²) in [6, 6.07) is 0.158. The minimum absolute atomic E-state index is 0.0261. The van der Waals surface area contributed by atoms with Crippen molar-refractivity contribution in [3.8, 4) is 0 Å². The number of carbonyl (C=O) groups excluding carboxylic acids is 2. The topological polar surface area (TPSA) is 83.6 Å². The second-order valence-electron chi connectivity index (χ2n) is 8.40. The first-order chi connectivity index (χ1) is 12.4. The number of amides is 2. The van der Waals surface area contributed by atoms with Gasteiger partial charge in [0.1, 0.15) is 0 Å². The van der Waals surface area contributed by atoms with Crippen molar-refractivity contribution in [2.75, 3.05) is 18.6 Å². The van der Waals surface area contributed by atoms with Gasteiger partial charge < -0.3 is 10.2 Å². The monoisotopic (exact) mass is 384 g/mol. The zero-order chi connectivity index (χ0) is 18.7. The van der Waals surface area contributed by atoms with Gasteiger partial charge in [0.15, 0.2) is 9.84 Å². The second-order valence-corrected chi connectivity index (χ2v) is 10.6. The van der Waals surface area contributed by atoms with Crippen LogP contribution in [0.5, 0.6) is 0 Å². The number of rotatable bonds is 4. The molecule has 2 amide bonds. The van der Waals surface area contributed by atoms with Crippen LogP contribution in [0.25, 0.3) is 0 Å². The van der Waals surface area contributed by atoms with Crippen LogP contribution in [0.3, 0.4) is 0 Å². The van der Waals surface area contributed by atoms with Gasteiger partial charge in [-0.1, -0.05) is 19.3 Å². The van der Waals surface area contributed by atoms with Crippen LogP contribution in [0, 0.1) is 11.8 Å². The zero-order valence-corrected chi connectivity index (χ0v) is 16.6. The second kappa shape index (κ2) is 8.28. The van der Waals surface area contributed by atoms with Crippen molar-refractivity contribution in [3.05, 3.63) is 0 Å². The van der Waals surface area contributed by atoms with E-state index in [1.165, 1.54) is 19.3 Å². The lowest BCUT2D eigenvalue weighted by Crippen LogP contribution is -2.44. The Hall–Kier alpha value is -1.11. The molecule has 1 aliphatic heterocycles. The third kappa shape index (κ3) is 4.78. The molecule has 2 saturated carbocycles. The maximum absolute atomic E-state index is 12.7. The van der Waals surface area contributed by atoms with Crippen molar-refractivity contribution in [1.29, 1.82) is 0 Å².